The molecule has 0 aliphatic rings. The maximum absolute atomic E-state index is 10.9. The van der Waals surface area contributed by atoms with Gasteiger partial charge in [-0.15, -0.1) is 0 Å². The van der Waals surface area contributed by atoms with E-state index in [0.717, 1.165) is 5.69 Å². The van der Waals surface area contributed by atoms with E-state index in [9.17, 15) is 4.79 Å². The zero-order chi connectivity index (χ0) is 10.2. The molecule has 1 N–H and O–H groups in total. The van der Waals surface area contributed by atoms with Crippen LogP contribution in [0.15, 0.2) is 24.4 Å². The summed E-state index contributed by atoms with van der Waals surface area (Å²) in [6.07, 6.45) is 2.42. The summed E-state index contributed by atoms with van der Waals surface area (Å²) in [4.78, 5) is 18.0. The summed E-state index contributed by atoms with van der Waals surface area (Å²) in [7, 11) is 0. The van der Waals surface area contributed by atoms with E-state index in [1.807, 2.05) is 18.2 Å². The Balaban J connectivity index is 2.23. The first-order chi connectivity index (χ1) is 6.83. The predicted molar refractivity (Wildman–Crippen MR) is 52.4 cm³/mol. The molecule has 0 atom stereocenters. The third kappa shape index (κ3) is 3.68. The normalized spacial score (nSPS) is 9.07. The molecule has 0 aromatic carbocycles. The monoisotopic (exact) mass is 189 g/mol. The van der Waals surface area contributed by atoms with Crippen LogP contribution in [-0.2, 0) is 11.2 Å². The average molecular weight is 189 g/mol. The minimum absolute atomic E-state index is 0.0950. The summed E-state index contributed by atoms with van der Waals surface area (Å²) in [6, 6.07) is 5.66. The van der Waals surface area contributed by atoms with Gasteiger partial charge in [0.1, 0.15) is 0 Å². The summed E-state index contributed by atoms with van der Waals surface area (Å²) in [6.45, 7) is 6.92. The number of rotatable bonds is 4. The number of aromatic nitrogens is 1. The highest BCUT2D eigenvalue weighted by Crippen LogP contribution is 1.92. The largest absolute Gasteiger partial charge is 0.349 e. The van der Waals surface area contributed by atoms with Gasteiger partial charge in [0.2, 0.25) is 0 Å². The Labute approximate surface area is 82.8 Å². The van der Waals surface area contributed by atoms with Crippen LogP contribution in [0.2, 0.25) is 0 Å². The smallest absolute Gasteiger partial charge is 0.300 e. The second-order valence-electron chi connectivity index (χ2n) is 2.74. The SMILES string of the molecule is [C-]#[N+]CC(=O)NCCc1ccccn1. The molecule has 1 heterocycles. The lowest BCUT2D eigenvalue weighted by Gasteiger charge is -2.00. The fraction of sp³-hybridized carbons (Fsp3) is 0.300. The van der Waals surface area contributed by atoms with Crippen molar-refractivity contribution in [2.75, 3.05) is 13.1 Å². The molecule has 4 nitrogen and oxygen atoms in total. The van der Waals surface area contributed by atoms with Crippen LogP contribution in [0.5, 0.6) is 0 Å². The highest BCUT2D eigenvalue weighted by atomic mass is 16.1. The van der Waals surface area contributed by atoms with E-state index in [2.05, 4.69) is 15.1 Å². The van der Waals surface area contributed by atoms with Crippen molar-refractivity contribution < 1.29 is 4.79 Å². The lowest BCUT2D eigenvalue weighted by atomic mass is 10.3. The van der Waals surface area contributed by atoms with Gasteiger partial charge in [-0.3, -0.25) is 9.78 Å². The fourth-order valence-electron chi connectivity index (χ4n) is 1.00. The number of nitrogens with zero attached hydrogens (tertiary/aromatic N) is 2. The van der Waals surface area contributed by atoms with Gasteiger partial charge in [-0.1, -0.05) is 6.07 Å². The Hall–Kier alpha value is -1.89. The first-order valence-electron chi connectivity index (χ1n) is 4.33. The van der Waals surface area contributed by atoms with E-state index in [0.29, 0.717) is 13.0 Å². The quantitative estimate of drug-likeness (QED) is 0.707. The molecule has 1 rings (SSSR count). The third-order valence-corrected chi connectivity index (χ3v) is 1.65. The molecule has 0 saturated carbocycles. The highest BCUT2D eigenvalue weighted by molar-refractivity contribution is 5.79. The molecule has 0 fully saturated rings. The number of amides is 1. The Morgan fingerprint density at radius 1 is 1.57 bits per heavy atom. The van der Waals surface area contributed by atoms with Gasteiger partial charge >= 0.3 is 0 Å². The Bertz CT molecular complexity index is 329. The van der Waals surface area contributed by atoms with Crippen molar-refractivity contribution in [3.63, 3.8) is 0 Å². The predicted octanol–water partition coefficient (Wildman–Crippen LogP) is 0.660. The van der Waals surface area contributed by atoms with Crippen LogP contribution in [0.4, 0.5) is 0 Å². The van der Waals surface area contributed by atoms with Crippen LogP contribution in [0, 0.1) is 6.57 Å². The molecule has 0 aliphatic carbocycles. The van der Waals surface area contributed by atoms with Gasteiger partial charge in [0.25, 0.3) is 12.5 Å². The van der Waals surface area contributed by atoms with Crippen LogP contribution in [0.25, 0.3) is 4.85 Å². The molecule has 4 heteroatoms. The second kappa shape index (κ2) is 5.70. The van der Waals surface area contributed by atoms with Crippen molar-refractivity contribution in [1.82, 2.24) is 10.3 Å². The zero-order valence-corrected chi connectivity index (χ0v) is 7.73. The van der Waals surface area contributed by atoms with Crippen LogP contribution in [-0.4, -0.2) is 24.0 Å². The molecular weight excluding hydrogens is 178 g/mol. The number of pyridine rings is 1. The minimum atomic E-state index is -0.226. The van der Waals surface area contributed by atoms with Crippen molar-refractivity contribution in [2.24, 2.45) is 0 Å². The minimum Gasteiger partial charge on any atom is -0.349 e. The lowest BCUT2D eigenvalue weighted by molar-refractivity contribution is -0.119. The Morgan fingerprint density at radius 3 is 3.07 bits per heavy atom. The van der Waals surface area contributed by atoms with Crippen LogP contribution in [0.1, 0.15) is 5.69 Å². The van der Waals surface area contributed by atoms with Crippen molar-refractivity contribution >= 4 is 5.91 Å². The molecule has 1 amide bonds. The van der Waals surface area contributed by atoms with Gasteiger partial charge in [-0.2, -0.15) is 0 Å². The molecule has 0 spiro atoms. The average Bonchev–Trinajstić information content (AvgIpc) is 2.20. The Morgan fingerprint density at radius 2 is 2.43 bits per heavy atom. The molecule has 1 aromatic heterocycles. The summed E-state index contributed by atoms with van der Waals surface area (Å²) < 4.78 is 0. The maximum Gasteiger partial charge on any atom is 0.300 e. The van der Waals surface area contributed by atoms with E-state index >= 15 is 0 Å². The van der Waals surface area contributed by atoms with E-state index in [-0.39, 0.29) is 12.5 Å². The summed E-state index contributed by atoms with van der Waals surface area (Å²) in [5, 5.41) is 2.64. The molecule has 0 radical (unpaired) electrons. The summed E-state index contributed by atoms with van der Waals surface area (Å²) in [5.74, 6) is -0.226. The van der Waals surface area contributed by atoms with Crippen molar-refractivity contribution in [1.29, 1.82) is 0 Å². The Kier molecular flexibility index (Phi) is 4.15. The van der Waals surface area contributed by atoms with Gasteiger partial charge in [0.15, 0.2) is 0 Å². The summed E-state index contributed by atoms with van der Waals surface area (Å²) >= 11 is 0. The molecule has 0 unspecified atom stereocenters. The topological polar surface area (TPSA) is 46.4 Å². The van der Waals surface area contributed by atoms with Crippen molar-refractivity contribution in [3.05, 3.63) is 41.5 Å². The van der Waals surface area contributed by atoms with Gasteiger partial charge in [-0.25, -0.2) is 6.57 Å². The van der Waals surface area contributed by atoms with E-state index in [1.54, 1.807) is 6.20 Å². The molecule has 0 saturated heterocycles. The number of hydrogen-bond donors (Lipinski definition) is 1. The lowest BCUT2D eigenvalue weighted by Crippen LogP contribution is -2.27. The van der Waals surface area contributed by atoms with Gasteiger partial charge in [0, 0.05) is 24.9 Å². The molecule has 0 aliphatic heterocycles. The molecular formula is C10H11N3O. The fourth-order valence-corrected chi connectivity index (χ4v) is 1.00. The first kappa shape index (κ1) is 10.2. The second-order valence-corrected chi connectivity index (χ2v) is 2.74. The standard InChI is InChI=1S/C10H11N3O/c1-11-8-10(14)13-7-5-9-4-2-3-6-12-9/h2-4,6H,5,7-8H2,(H,13,14). The number of carbonyl (C=O) groups excluding carboxylic acids is 1. The highest BCUT2D eigenvalue weighted by Gasteiger charge is 2.01. The van der Waals surface area contributed by atoms with Gasteiger partial charge < -0.3 is 10.2 Å². The number of nitrogens with one attached hydrogen (secondary N) is 1. The molecule has 14 heavy (non-hydrogen) atoms. The van der Waals surface area contributed by atoms with Crippen LogP contribution >= 0.6 is 0 Å². The first-order valence-corrected chi connectivity index (χ1v) is 4.33. The van der Waals surface area contributed by atoms with Gasteiger partial charge in [-0.05, 0) is 12.1 Å². The summed E-state index contributed by atoms with van der Waals surface area (Å²) in [5.41, 5.74) is 0.940. The van der Waals surface area contributed by atoms with Gasteiger partial charge in [0.05, 0.1) is 0 Å². The molecule has 1 aromatic rings. The van der Waals surface area contributed by atoms with E-state index < -0.39 is 0 Å². The third-order valence-electron chi connectivity index (χ3n) is 1.65. The van der Waals surface area contributed by atoms with E-state index in [4.69, 9.17) is 6.57 Å². The number of carbonyl (C=O) groups is 1. The maximum atomic E-state index is 10.9. The molecule has 72 valence electrons. The van der Waals surface area contributed by atoms with Crippen molar-refractivity contribution in [3.8, 4) is 0 Å². The van der Waals surface area contributed by atoms with Crippen LogP contribution in [0.3, 0.4) is 0 Å². The van der Waals surface area contributed by atoms with Crippen molar-refractivity contribution in [2.45, 2.75) is 6.42 Å². The molecule has 0 bridgehead atoms. The number of hydrogen-bond acceptors (Lipinski definition) is 2. The van der Waals surface area contributed by atoms with E-state index in [1.165, 1.54) is 0 Å². The zero-order valence-electron chi connectivity index (χ0n) is 7.73. The van der Waals surface area contributed by atoms with Crippen LogP contribution < -0.4 is 5.32 Å².